The molecule has 0 heterocycles. The fraction of sp³-hybridized carbons (Fsp3) is 0.917. The van der Waals surface area contributed by atoms with Gasteiger partial charge in [-0.05, 0) is 39.9 Å². The molecular formula is C12H24N2OS. The van der Waals surface area contributed by atoms with Crippen LogP contribution in [0.5, 0.6) is 0 Å². The minimum absolute atomic E-state index is 0.224. The second-order valence-corrected chi connectivity index (χ2v) is 6.29. The number of aliphatic hydroxyl groups is 1. The van der Waals surface area contributed by atoms with Gasteiger partial charge >= 0.3 is 0 Å². The summed E-state index contributed by atoms with van der Waals surface area (Å²) in [6.07, 6.45) is 0.500. The summed E-state index contributed by atoms with van der Waals surface area (Å²) in [6.45, 7) is 9.82. The molecule has 0 aliphatic carbocycles. The lowest BCUT2D eigenvalue weighted by atomic mass is 10.0. The van der Waals surface area contributed by atoms with Crippen LogP contribution in [0.1, 0.15) is 41.0 Å². The van der Waals surface area contributed by atoms with E-state index < -0.39 is 5.54 Å². The maximum atomic E-state index is 9.35. The molecule has 3 atom stereocenters. The number of hydrogen-bond acceptors (Lipinski definition) is 4. The van der Waals surface area contributed by atoms with Gasteiger partial charge in [0.15, 0.2) is 0 Å². The lowest BCUT2D eigenvalue weighted by Gasteiger charge is -2.26. The van der Waals surface area contributed by atoms with Crippen LogP contribution in [0.15, 0.2) is 0 Å². The molecule has 0 saturated carbocycles. The number of nitriles is 1. The van der Waals surface area contributed by atoms with Crippen LogP contribution >= 0.6 is 11.8 Å². The molecule has 0 bridgehead atoms. The summed E-state index contributed by atoms with van der Waals surface area (Å²) in [5.74, 6) is 0.885. The van der Waals surface area contributed by atoms with Crippen LogP contribution in [0.25, 0.3) is 0 Å². The predicted octanol–water partition coefficient (Wildman–Crippen LogP) is 2.16. The van der Waals surface area contributed by atoms with Crippen molar-refractivity contribution >= 4 is 11.8 Å². The Hall–Kier alpha value is -0.240. The Bertz CT molecular complexity index is 238. The number of thioether (sulfide) groups is 1. The van der Waals surface area contributed by atoms with E-state index in [0.29, 0.717) is 6.04 Å². The Morgan fingerprint density at radius 2 is 1.94 bits per heavy atom. The third-order valence-electron chi connectivity index (χ3n) is 2.52. The zero-order valence-electron chi connectivity index (χ0n) is 10.9. The van der Waals surface area contributed by atoms with E-state index in [0.717, 1.165) is 12.2 Å². The zero-order chi connectivity index (χ0) is 12.8. The average Bonchev–Trinajstić information content (AvgIpc) is 2.16. The van der Waals surface area contributed by atoms with Crippen LogP contribution < -0.4 is 5.32 Å². The average molecular weight is 244 g/mol. The molecule has 0 aliphatic heterocycles. The topological polar surface area (TPSA) is 56.0 Å². The molecule has 0 amide bonds. The van der Waals surface area contributed by atoms with Crippen molar-refractivity contribution in [2.45, 2.75) is 64.0 Å². The molecule has 0 saturated heterocycles. The molecule has 0 fully saturated rings. The molecule has 0 aliphatic rings. The summed E-state index contributed by atoms with van der Waals surface area (Å²) in [4.78, 5) is 0. The smallest absolute Gasteiger partial charge is 0.104 e. The summed E-state index contributed by atoms with van der Waals surface area (Å²) in [6, 6.07) is 2.63. The molecule has 2 N–H and O–H groups in total. The second-order valence-electron chi connectivity index (χ2n) is 4.81. The normalized spacial score (nSPS) is 18.9. The Labute approximate surface area is 104 Å². The number of nitrogens with zero attached hydrogens (tertiary/aromatic N) is 1. The van der Waals surface area contributed by atoms with Crippen LogP contribution in [-0.2, 0) is 0 Å². The monoisotopic (exact) mass is 244 g/mol. The van der Waals surface area contributed by atoms with Crippen molar-refractivity contribution < 1.29 is 5.11 Å². The van der Waals surface area contributed by atoms with Crippen molar-refractivity contribution in [3.63, 3.8) is 0 Å². The molecule has 0 rings (SSSR count). The highest BCUT2D eigenvalue weighted by molar-refractivity contribution is 7.99. The summed E-state index contributed by atoms with van der Waals surface area (Å²) < 4.78 is 0. The Kier molecular flexibility index (Phi) is 7.05. The van der Waals surface area contributed by atoms with Crippen molar-refractivity contribution in [3.05, 3.63) is 0 Å². The van der Waals surface area contributed by atoms with E-state index in [9.17, 15) is 5.11 Å². The van der Waals surface area contributed by atoms with E-state index in [1.54, 1.807) is 18.7 Å². The highest BCUT2D eigenvalue weighted by atomic mass is 32.2. The largest absolute Gasteiger partial charge is 0.392 e. The van der Waals surface area contributed by atoms with Gasteiger partial charge in [-0.3, -0.25) is 5.32 Å². The first-order chi connectivity index (χ1) is 7.30. The molecule has 3 nitrogen and oxygen atoms in total. The van der Waals surface area contributed by atoms with E-state index >= 15 is 0 Å². The Morgan fingerprint density at radius 3 is 2.31 bits per heavy atom. The molecule has 0 aromatic carbocycles. The summed E-state index contributed by atoms with van der Waals surface area (Å²) in [5.41, 5.74) is -0.459. The maximum absolute atomic E-state index is 9.35. The molecule has 0 radical (unpaired) electrons. The lowest BCUT2D eigenvalue weighted by molar-refractivity contribution is 0.196. The van der Waals surface area contributed by atoms with E-state index in [1.165, 1.54) is 0 Å². The van der Waals surface area contributed by atoms with Crippen LogP contribution in [0.4, 0.5) is 0 Å². The molecule has 0 aromatic heterocycles. The van der Waals surface area contributed by atoms with Gasteiger partial charge in [0.25, 0.3) is 0 Å². The molecule has 4 heteroatoms. The maximum Gasteiger partial charge on any atom is 0.104 e. The van der Waals surface area contributed by atoms with E-state index in [2.05, 4.69) is 11.4 Å². The van der Waals surface area contributed by atoms with Gasteiger partial charge in [0, 0.05) is 11.3 Å². The second kappa shape index (κ2) is 7.16. The van der Waals surface area contributed by atoms with Crippen LogP contribution in [0, 0.1) is 11.3 Å². The van der Waals surface area contributed by atoms with Crippen molar-refractivity contribution in [3.8, 4) is 6.07 Å². The summed E-state index contributed by atoms with van der Waals surface area (Å²) in [7, 11) is 0. The van der Waals surface area contributed by atoms with Crippen LogP contribution in [0.3, 0.4) is 0 Å². The highest BCUT2D eigenvalue weighted by Gasteiger charge is 2.24. The zero-order valence-corrected chi connectivity index (χ0v) is 11.8. The third-order valence-corrected chi connectivity index (χ3v) is 3.88. The third kappa shape index (κ3) is 6.37. The van der Waals surface area contributed by atoms with Gasteiger partial charge in [-0.2, -0.15) is 17.0 Å². The highest BCUT2D eigenvalue weighted by Crippen LogP contribution is 2.19. The molecule has 0 aromatic rings. The van der Waals surface area contributed by atoms with Crippen molar-refractivity contribution in [2.75, 3.05) is 5.75 Å². The summed E-state index contributed by atoms with van der Waals surface area (Å²) >= 11 is 1.71. The van der Waals surface area contributed by atoms with Crippen molar-refractivity contribution in [2.24, 2.45) is 0 Å². The lowest BCUT2D eigenvalue weighted by Crippen LogP contribution is -2.45. The number of rotatable bonds is 7. The van der Waals surface area contributed by atoms with Crippen LogP contribution in [-0.4, -0.2) is 33.8 Å². The predicted molar refractivity (Wildman–Crippen MR) is 70.5 cm³/mol. The molecule has 16 heavy (non-hydrogen) atoms. The SMILES string of the molecule is CC(C)NC(C)(C#N)CCSC(C)C(C)O. The molecule has 94 valence electrons. The fourth-order valence-corrected chi connectivity index (χ4v) is 2.56. The van der Waals surface area contributed by atoms with Crippen LogP contribution in [0.2, 0.25) is 0 Å². The quantitative estimate of drug-likeness (QED) is 0.720. The van der Waals surface area contributed by atoms with Gasteiger partial charge in [0.2, 0.25) is 0 Å². The van der Waals surface area contributed by atoms with E-state index in [4.69, 9.17) is 5.26 Å². The Balaban J connectivity index is 4.02. The first-order valence-electron chi connectivity index (χ1n) is 5.79. The standard InChI is InChI=1S/C12H24N2OS/c1-9(2)14-12(5,8-13)6-7-16-11(4)10(3)15/h9-11,14-15H,6-7H2,1-5H3. The first kappa shape index (κ1) is 15.8. The van der Waals surface area contributed by atoms with Crippen molar-refractivity contribution in [1.82, 2.24) is 5.32 Å². The van der Waals surface area contributed by atoms with Gasteiger partial charge in [-0.15, -0.1) is 0 Å². The number of hydrogen-bond donors (Lipinski definition) is 2. The van der Waals surface area contributed by atoms with Gasteiger partial charge in [-0.1, -0.05) is 6.92 Å². The van der Waals surface area contributed by atoms with Gasteiger partial charge < -0.3 is 5.11 Å². The van der Waals surface area contributed by atoms with Gasteiger partial charge in [0.05, 0.1) is 12.2 Å². The Morgan fingerprint density at radius 1 is 1.38 bits per heavy atom. The summed E-state index contributed by atoms with van der Waals surface area (Å²) in [5, 5.41) is 22.0. The minimum atomic E-state index is -0.459. The number of nitrogens with one attached hydrogen (secondary N) is 1. The van der Waals surface area contributed by atoms with Gasteiger partial charge in [-0.25, -0.2) is 0 Å². The molecular weight excluding hydrogens is 220 g/mol. The first-order valence-corrected chi connectivity index (χ1v) is 6.84. The fourth-order valence-electron chi connectivity index (χ4n) is 1.39. The number of aliphatic hydroxyl groups excluding tert-OH is 1. The van der Waals surface area contributed by atoms with Crippen molar-refractivity contribution in [1.29, 1.82) is 5.26 Å². The van der Waals surface area contributed by atoms with Gasteiger partial charge in [0.1, 0.15) is 5.54 Å². The molecule has 3 unspecified atom stereocenters. The van der Waals surface area contributed by atoms with E-state index in [1.807, 2.05) is 27.7 Å². The minimum Gasteiger partial charge on any atom is -0.392 e. The van der Waals surface area contributed by atoms with E-state index in [-0.39, 0.29) is 11.4 Å². The molecule has 0 spiro atoms.